The van der Waals surface area contributed by atoms with Gasteiger partial charge in [-0.1, -0.05) is 18.2 Å². The zero-order valence-electron chi connectivity index (χ0n) is 8.03. The Morgan fingerprint density at radius 2 is 1.24 bits per heavy atom. The smallest absolute Gasteiger partial charge is 0.322 e. The minimum Gasteiger partial charge on any atom is -0.322 e. The maximum absolute atomic E-state index is 12.8. The van der Waals surface area contributed by atoms with Crippen molar-refractivity contribution in [2.75, 3.05) is 5.32 Å². The molecule has 0 aliphatic rings. The topological polar surface area (TPSA) is 12.0 Å². The van der Waals surface area contributed by atoms with Crippen LogP contribution < -0.4 is 5.32 Å². The van der Waals surface area contributed by atoms with Gasteiger partial charge in [0.05, 0.1) is 0 Å². The molecule has 1 nitrogen and oxygen atoms in total. The minimum absolute atomic E-state index is 0.540. The van der Waals surface area contributed by atoms with E-state index < -0.39 is 23.8 Å². The summed E-state index contributed by atoms with van der Waals surface area (Å²) in [7, 11) is 0. The normalized spacial score (nSPS) is 13.6. The first-order chi connectivity index (χ1) is 7.58. The summed E-state index contributed by atoms with van der Waals surface area (Å²) in [6.45, 7) is 0. The summed E-state index contributed by atoms with van der Waals surface area (Å²) < 4.78 is 85.8. The predicted octanol–water partition coefficient (Wildman–Crippen LogP) is 3.89. The SMILES string of the molecule is FC(F)(F)C(F)(F)C(F)(F)Nc1ccccc1. The van der Waals surface area contributed by atoms with E-state index in [0.717, 1.165) is 17.4 Å². The van der Waals surface area contributed by atoms with Crippen molar-refractivity contribution in [3.05, 3.63) is 30.3 Å². The van der Waals surface area contributed by atoms with Crippen LogP contribution in [-0.4, -0.2) is 18.1 Å². The molecule has 1 aromatic rings. The third-order valence-corrected chi connectivity index (χ3v) is 1.83. The summed E-state index contributed by atoms with van der Waals surface area (Å²) in [6.07, 6.45) is -6.34. The van der Waals surface area contributed by atoms with E-state index in [1.165, 1.54) is 18.2 Å². The van der Waals surface area contributed by atoms with Crippen LogP contribution in [0.25, 0.3) is 0 Å². The molecule has 17 heavy (non-hydrogen) atoms. The molecule has 0 spiro atoms. The van der Waals surface area contributed by atoms with Gasteiger partial charge in [-0.05, 0) is 12.1 Å². The Labute approximate surface area is 91.2 Å². The fraction of sp³-hybridized carbons (Fsp3) is 0.333. The van der Waals surface area contributed by atoms with Crippen LogP contribution in [0.5, 0.6) is 0 Å². The van der Waals surface area contributed by atoms with Crippen molar-refractivity contribution in [2.45, 2.75) is 18.1 Å². The van der Waals surface area contributed by atoms with E-state index in [1.54, 1.807) is 0 Å². The van der Waals surface area contributed by atoms with Crippen LogP contribution in [0.3, 0.4) is 0 Å². The van der Waals surface area contributed by atoms with E-state index in [0.29, 0.717) is 0 Å². The van der Waals surface area contributed by atoms with Gasteiger partial charge in [0.2, 0.25) is 0 Å². The number of alkyl halides is 7. The molecular formula is C9H6F7N. The second kappa shape index (κ2) is 4.08. The summed E-state index contributed by atoms with van der Waals surface area (Å²) in [6, 6.07) is 0.285. The quantitative estimate of drug-likeness (QED) is 0.643. The number of para-hydroxylation sites is 1. The van der Waals surface area contributed by atoms with Crippen LogP contribution in [0, 0.1) is 0 Å². The number of hydrogen-bond acceptors (Lipinski definition) is 1. The summed E-state index contributed by atoms with van der Waals surface area (Å²) >= 11 is 0. The minimum atomic E-state index is -6.34. The van der Waals surface area contributed by atoms with Gasteiger partial charge in [0, 0.05) is 5.69 Å². The highest BCUT2D eigenvalue weighted by Crippen LogP contribution is 2.46. The van der Waals surface area contributed by atoms with E-state index in [4.69, 9.17) is 0 Å². The van der Waals surface area contributed by atoms with Crippen LogP contribution >= 0.6 is 0 Å². The number of rotatable bonds is 3. The fourth-order valence-corrected chi connectivity index (χ4v) is 0.959. The molecule has 1 rings (SSSR count). The molecule has 0 bridgehead atoms. The molecule has 0 aliphatic heterocycles. The second-order valence-corrected chi connectivity index (χ2v) is 3.14. The Morgan fingerprint density at radius 1 is 0.765 bits per heavy atom. The number of nitrogens with one attached hydrogen (secondary N) is 1. The van der Waals surface area contributed by atoms with Crippen molar-refractivity contribution >= 4 is 5.69 Å². The monoisotopic (exact) mass is 261 g/mol. The average Bonchev–Trinajstić information content (AvgIpc) is 2.16. The highest BCUT2D eigenvalue weighted by atomic mass is 19.4. The van der Waals surface area contributed by atoms with Crippen molar-refractivity contribution in [1.29, 1.82) is 0 Å². The Bertz CT molecular complexity index is 371. The zero-order chi connectivity index (χ0) is 13.3. The molecule has 0 unspecified atom stereocenters. The maximum atomic E-state index is 12.8. The molecule has 0 saturated carbocycles. The lowest BCUT2D eigenvalue weighted by molar-refractivity contribution is -0.346. The Balaban J connectivity index is 2.96. The van der Waals surface area contributed by atoms with Crippen molar-refractivity contribution in [1.82, 2.24) is 0 Å². The van der Waals surface area contributed by atoms with E-state index >= 15 is 0 Å². The number of anilines is 1. The molecule has 0 fully saturated rings. The van der Waals surface area contributed by atoms with Gasteiger partial charge in [-0.25, -0.2) is 0 Å². The fourth-order valence-electron chi connectivity index (χ4n) is 0.959. The first kappa shape index (κ1) is 13.6. The largest absolute Gasteiger partial charge is 0.462 e. The van der Waals surface area contributed by atoms with Gasteiger partial charge in [0.25, 0.3) is 0 Å². The van der Waals surface area contributed by atoms with Gasteiger partial charge in [0.1, 0.15) is 0 Å². The van der Waals surface area contributed by atoms with Gasteiger partial charge in [-0.2, -0.15) is 30.7 Å². The van der Waals surface area contributed by atoms with E-state index in [2.05, 4.69) is 0 Å². The molecule has 0 saturated heterocycles. The first-order valence-electron chi connectivity index (χ1n) is 4.23. The molecular weight excluding hydrogens is 255 g/mol. The van der Waals surface area contributed by atoms with Gasteiger partial charge in [0.15, 0.2) is 0 Å². The van der Waals surface area contributed by atoms with Crippen LogP contribution in [0.1, 0.15) is 0 Å². The average molecular weight is 261 g/mol. The van der Waals surface area contributed by atoms with Crippen molar-refractivity contribution < 1.29 is 30.7 Å². The number of benzene rings is 1. The molecule has 1 aromatic carbocycles. The van der Waals surface area contributed by atoms with E-state index in [1.807, 2.05) is 0 Å². The third-order valence-electron chi connectivity index (χ3n) is 1.83. The van der Waals surface area contributed by atoms with E-state index in [-0.39, 0.29) is 0 Å². The first-order valence-corrected chi connectivity index (χ1v) is 4.23. The summed E-state index contributed by atoms with van der Waals surface area (Å²) in [5, 5.41) is 0.862. The third kappa shape index (κ3) is 2.62. The van der Waals surface area contributed by atoms with Crippen molar-refractivity contribution in [3.63, 3.8) is 0 Å². The highest BCUT2D eigenvalue weighted by molar-refractivity contribution is 5.44. The Morgan fingerprint density at radius 3 is 1.65 bits per heavy atom. The molecule has 96 valence electrons. The Hall–Kier alpha value is -1.47. The number of halogens is 7. The zero-order valence-corrected chi connectivity index (χ0v) is 8.03. The standard InChI is InChI=1S/C9H6F7N/c10-7(11,8(12,13)14)9(15,16)17-6-4-2-1-3-5-6/h1-5,17H. The van der Waals surface area contributed by atoms with Gasteiger partial charge in [-0.3, -0.25) is 0 Å². The molecule has 0 amide bonds. The molecule has 0 aliphatic carbocycles. The predicted molar refractivity (Wildman–Crippen MR) is 46.0 cm³/mol. The molecule has 1 N–H and O–H groups in total. The van der Waals surface area contributed by atoms with E-state index in [9.17, 15) is 30.7 Å². The van der Waals surface area contributed by atoms with Crippen LogP contribution in [-0.2, 0) is 0 Å². The second-order valence-electron chi connectivity index (χ2n) is 3.14. The van der Waals surface area contributed by atoms with Crippen molar-refractivity contribution in [2.24, 2.45) is 0 Å². The highest BCUT2D eigenvalue weighted by Gasteiger charge is 2.73. The van der Waals surface area contributed by atoms with Crippen molar-refractivity contribution in [3.8, 4) is 0 Å². The molecule has 0 atom stereocenters. The molecule has 0 aromatic heterocycles. The summed E-state index contributed by atoms with van der Waals surface area (Å²) in [5.41, 5.74) is -0.540. The lowest BCUT2D eigenvalue weighted by Crippen LogP contribution is -2.56. The lowest BCUT2D eigenvalue weighted by atomic mass is 10.2. The number of hydrogen-bond donors (Lipinski definition) is 1. The molecule has 8 heteroatoms. The van der Waals surface area contributed by atoms with Gasteiger partial charge in [-0.15, -0.1) is 0 Å². The maximum Gasteiger partial charge on any atom is 0.462 e. The molecule has 0 heterocycles. The Kier molecular flexibility index (Phi) is 3.26. The van der Waals surface area contributed by atoms with Gasteiger partial charge >= 0.3 is 18.1 Å². The van der Waals surface area contributed by atoms with Gasteiger partial charge < -0.3 is 5.32 Å². The van der Waals surface area contributed by atoms with Crippen LogP contribution in [0.15, 0.2) is 30.3 Å². The summed E-state index contributed by atoms with van der Waals surface area (Å²) in [4.78, 5) is 0. The lowest BCUT2D eigenvalue weighted by Gasteiger charge is -2.29. The molecule has 0 radical (unpaired) electrons. The van der Waals surface area contributed by atoms with Crippen LogP contribution in [0.2, 0.25) is 0 Å². The van der Waals surface area contributed by atoms with Crippen LogP contribution in [0.4, 0.5) is 36.4 Å². The summed E-state index contributed by atoms with van der Waals surface area (Å²) in [5.74, 6) is -6.16.